The maximum Gasteiger partial charge on any atom is 0.392 e. The minimum atomic E-state index is -4.33. The van der Waals surface area contributed by atoms with Gasteiger partial charge >= 0.3 is 6.18 Å². The van der Waals surface area contributed by atoms with Crippen LogP contribution in [0.5, 0.6) is 0 Å². The van der Waals surface area contributed by atoms with Crippen LogP contribution in [0.2, 0.25) is 0 Å². The first-order valence-corrected chi connectivity index (χ1v) is 6.31. The van der Waals surface area contributed by atoms with Gasteiger partial charge in [0.25, 0.3) is 0 Å². The molecule has 1 aliphatic carbocycles. The smallest absolute Gasteiger partial charge is 0.339 e. The lowest BCUT2D eigenvalue weighted by atomic mass is 10.1. The zero-order valence-corrected chi connectivity index (χ0v) is 11.1. The zero-order valence-electron chi connectivity index (χ0n) is 11.1. The lowest BCUT2D eigenvalue weighted by Gasteiger charge is -2.26. The maximum absolute atomic E-state index is 13.6. The molecular formula is C14H15F4NO. The van der Waals surface area contributed by atoms with Crippen molar-refractivity contribution in [1.82, 2.24) is 4.90 Å². The fourth-order valence-corrected chi connectivity index (χ4v) is 2.30. The van der Waals surface area contributed by atoms with Crippen molar-refractivity contribution in [3.8, 4) is 0 Å². The van der Waals surface area contributed by atoms with Crippen LogP contribution in [0.3, 0.4) is 0 Å². The number of amides is 1. The highest BCUT2D eigenvalue weighted by Crippen LogP contribution is 2.51. The van der Waals surface area contributed by atoms with Crippen molar-refractivity contribution in [1.29, 1.82) is 0 Å². The number of hydrogen-bond donors (Lipinski definition) is 0. The van der Waals surface area contributed by atoms with E-state index in [9.17, 15) is 22.4 Å². The average Bonchev–Trinajstić information content (AvgIpc) is 3.16. The van der Waals surface area contributed by atoms with Crippen molar-refractivity contribution in [3.05, 3.63) is 35.6 Å². The summed E-state index contributed by atoms with van der Waals surface area (Å²) in [6, 6.07) is 5.34. The van der Waals surface area contributed by atoms with Gasteiger partial charge in [-0.15, -0.1) is 0 Å². The molecule has 1 fully saturated rings. The predicted octanol–water partition coefficient (Wildman–Crippen LogP) is 3.54. The Morgan fingerprint density at radius 1 is 1.35 bits per heavy atom. The normalized spacial score (nSPS) is 23.3. The Labute approximate surface area is 114 Å². The second-order valence-corrected chi connectivity index (χ2v) is 5.14. The third-order valence-corrected chi connectivity index (χ3v) is 3.81. The summed E-state index contributed by atoms with van der Waals surface area (Å²) >= 11 is 0. The summed E-state index contributed by atoms with van der Waals surface area (Å²) in [4.78, 5) is 13.2. The number of halogens is 4. The minimum absolute atomic E-state index is 0.170. The fourth-order valence-electron chi connectivity index (χ4n) is 2.30. The largest absolute Gasteiger partial charge is 0.392 e. The third-order valence-electron chi connectivity index (χ3n) is 3.81. The monoisotopic (exact) mass is 289 g/mol. The van der Waals surface area contributed by atoms with Crippen LogP contribution in [0.15, 0.2) is 24.3 Å². The SMILES string of the molecule is CC(c1ccccc1F)N(C)C(=O)[C@@H]1C[C@H]1C(F)(F)F. The summed E-state index contributed by atoms with van der Waals surface area (Å²) in [6.45, 7) is 1.60. The molecule has 0 aromatic heterocycles. The Morgan fingerprint density at radius 3 is 2.45 bits per heavy atom. The molecule has 1 aromatic carbocycles. The number of rotatable bonds is 3. The Morgan fingerprint density at radius 2 is 1.95 bits per heavy atom. The standard InChI is InChI=1S/C14H15F4NO/c1-8(9-5-3-4-6-12(9)15)19(2)13(20)10-7-11(10)14(16,17)18/h3-6,8,10-11H,7H2,1-2H3/t8?,10-,11-/m1/s1. The molecular weight excluding hydrogens is 274 g/mol. The van der Waals surface area contributed by atoms with E-state index in [4.69, 9.17) is 0 Å². The molecule has 0 aliphatic heterocycles. The van der Waals surface area contributed by atoms with Crippen LogP contribution < -0.4 is 0 Å². The van der Waals surface area contributed by atoms with Gasteiger partial charge in [-0.25, -0.2) is 4.39 Å². The molecule has 1 unspecified atom stereocenters. The molecule has 0 saturated heterocycles. The summed E-state index contributed by atoms with van der Waals surface area (Å²) < 4.78 is 51.0. The first-order valence-electron chi connectivity index (χ1n) is 6.31. The number of alkyl halides is 3. The van der Waals surface area contributed by atoms with Crippen LogP contribution in [-0.2, 0) is 4.79 Å². The first-order chi connectivity index (χ1) is 9.23. The van der Waals surface area contributed by atoms with E-state index in [1.165, 1.54) is 30.1 Å². The highest BCUT2D eigenvalue weighted by atomic mass is 19.4. The van der Waals surface area contributed by atoms with E-state index in [1.54, 1.807) is 13.0 Å². The molecule has 0 heterocycles. The molecule has 1 aliphatic rings. The number of carbonyl (C=O) groups is 1. The van der Waals surface area contributed by atoms with Gasteiger partial charge in [-0.2, -0.15) is 13.2 Å². The van der Waals surface area contributed by atoms with Crippen LogP contribution in [0.25, 0.3) is 0 Å². The van der Waals surface area contributed by atoms with Crippen molar-refractivity contribution < 1.29 is 22.4 Å². The van der Waals surface area contributed by atoms with Crippen molar-refractivity contribution >= 4 is 5.91 Å². The van der Waals surface area contributed by atoms with Crippen molar-refractivity contribution in [3.63, 3.8) is 0 Å². The van der Waals surface area contributed by atoms with E-state index in [0.29, 0.717) is 5.56 Å². The second-order valence-electron chi connectivity index (χ2n) is 5.14. The number of carbonyl (C=O) groups excluding carboxylic acids is 1. The summed E-state index contributed by atoms with van der Waals surface area (Å²) in [5.74, 6) is -3.62. The van der Waals surface area contributed by atoms with Gasteiger partial charge in [-0.05, 0) is 19.4 Å². The van der Waals surface area contributed by atoms with Gasteiger partial charge in [-0.3, -0.25) is 4.79 Å². The number of benzene rings is 1. The Bertz CT molecular complexity index is 514. The van der Waals surface area contributed by atoms with E-state index >= 15 is 0 Å². The predicted molar refractivity (Wildman–Crippen MR) is 65.2 cm³/mol. The molecule has 2 rings (SSSR count). The summed E-state index contributed by atoms with van der Waals surface area (Å²) in [5, 5.41) is 0. The third kappa shape index (κ3) is 2.78. The molecule has 0 bridgehead atoms. The highest BCUT2D eigenvalue weighted by molar-refractivity contribution is 5.82. The fraction of sp³-hybridized carbons (Fsp3) is 0.500. The van der Waals surface area contributed by atoms with Gasteiger partial charge in [0.15, 0.2) is 0 Å². The summed E-state index contributed by atoms with van der Waals surface area (Å²) in [6.07, 6.45) is -4.50. The lowest BCUT2D eigenvalue weighted by Crippen LogP contribution is -2.32. The number of nitrogens with zero attached hydrogens (tertiary/aromatic N) is 1. The summed E-state index contributed by atoms with van der Waals surface area (Å²) in [7, 11) is 1.41. The molecule has 1 aromatic rings. The Balaban J connectivity index is 2.07. The highest BCUT2D eigenvalue weighted by Gasteiger charge is 2.59. The second kappa shape index (κ2) is 5.07. The van der Waals surface area contributed by atoms with Gasteiger partial charge in [0, 0.05) is 12.6 Å². The van der Waals surface area contributed by atoms with E-state index in [1.807, 2.05) is 0 Å². The van der Waals surface area contributed by atoms with Crippen LogP contribution >= 0.6 is 0 Å². The molecule has 6 heteroatoms. The van der Waals surface area contributed by atoms with Crippen molar-refractivity contribution in [2.24, 2.45) is 11.8 Å². The van der Waals surface area contributed by atoms with Crippen molar-refractivity contribution in [2.45, 2.75) is 25.6 Å². The molecule has 20 heavy (non-hydrogen) atoms. The van der Waals surface area contributed by atoms with Crippen molar-refractivity contribution in [2.75, 3.05) is 7.05 Å². The molecule has 1 amide bonds. The average molecular weight is 289 g/mol. The van der Waals surface area contributed by atoms with Crippen LogP contribution in [0.4, 0.5) is 17.6 Å². The van der Waals surface area contributed by atoms with Gasteiger partial charge in [0.05, 0.1) is 17.9 Å². The first kappa shape index (κ1) is 14.8. The van der Waals surface area contributed by atoms with Gasteiger partial charge < -0.3 is 4.90 Å². The Hall–Kier alpha value is -1.59. The molecule has 0 radical (unpaired) electrons. The van der Waals surface area contributed by atoms with E-state index in [2.05, 4.69) is 0 Å². The lowest BCUT2D eigenvalue weighted by molar-refractivity contribution is -0.157. The number of hydrogen-bond acceptors (Lipinski definition) is 1. The maximum atomic E-state index is 13.6. The van der Waals surface area contributed by atoms with E-state index in [0.717, 1.165) is 0 Å². The van der Waals surface area contributed by atoms with Crippen LogP contribution in [-0.4, -0.2) is 24.0 Å². The minimum Gasteiger partial charge on any atom is -0.339 e. The Kier molecular flexibility index (Phi) is 3.75. The molecule has 2 nitrogen and oxygen atoms in total. The van der Waals surface area contributed by atoms with E-state index < -0.39 is 35.8 Å². The van der Waals surface area contributed by atoms with Gasteiger partial charge in [-0.1, -0.05) is 18.2 Å². The molecule has 0 spiro atoms. The molecule has 0 N–H and O–H groups in total. The van der Waals surface area contributed by atoms with E-state index in [-0.39, 0.29) is 6.42 Å². The quantitative estimate of drug-likeness (QED) is 0.779. The van der Waals surface area contributed by atoms with Gasteiger partial charge in [0.2, 0.25) is 5.91 Å². The molecule has 110 valence electrons. The summed E-state index contributed by atoms with van der Waals surface area (Å²) in [5.41, 5.74) is 0.299. The molecule has 1 saturated carbocycles. The van der Waals surface area contributed by atoms with Crippen LogP contribution in [0, 0.1) is 17.7 Å². The van der Waals surface area contributed by atoms with Gasteiger partial charge in [0.1, 0.15) is 5.82 Å². The zero-order chi connectivity index (χ0) is 15.1. The molecule has 3 atom stereocenters. The topological polar surface area (TPSA) is 20.3 Å². The van der Waals surface area contributed by atoms with Crippen LogP contribution in [0.1, 0.15) is 24.9 Å².